The highest BCUT2D eigenvalue weighted by Gasteiger charge is 2.27. The summed E-state index contributed by atoms with van der Waals surface area (Å²) < 4.78 is 0. The van der Waals surface area contributed by atoms with Gasteiger partial charge in [-0.05, 0) is 42.1 Å². The summed E-state index contributed by atoms with van der Waals surface area (Å²) >= 11 is 2.97. The van der Waals surface area contributed by atoms with Gasteiger partial charge < -0.3 is 5.32 Å². The zero-order valence-electron chi connectivity index (χ0n) is 12.8. The molecule has 24 heavy (non-hydrogen) atoms. The van der Waals surface area contributed by atoms with Crippen LogP contribution < -0.4 is 5.32 Å². The lowest BCUT2D eigenvalue weighted by molar-refractivity contribution is -0.116. The van der Waals surface area contributed by atoms with Crippen LogP contribution in [-0.4, -0.2) is 27.4 Å². The predicted octanol–water partition coefficient (Wildman–Crippen LogP) is 3.72. The number of thiophene rings is 1. The molecule has 5 nitrogen and oxygen atoms in total. The first-order chi connectivity index (χ1) is 11.6. The number of Topliss-reactive ketones (excluding diaryl/α,β-unsaturated/α-hetero) is 1. The van der Waals surface area contributed by atoms with E-state index in [9.17, 15) is 9.59 Å². The van der Waals surface area contributed by atoms with Crippen LogP contribution in [-0.2, 0) is 4.79 Å². The fourth-order valence-corrected chi connectivity index (χ4v) is 4.36. The third-order valence-electron chi connectivity index (χ3n) is 4.06. The quantitative estimate of drug-likeness (QED) is 0.439. The van der Waals surface area contributed by atoms with Crippen LogP contribution in [0.3, 0.4) is 0 Å². The molecule has 1 aliphatic heterocycles. The smallest absolute Gasteiger partial charge is 0.231 e. The number of fused-ring (bicyclic) bond motifs is 2. The van der Waals surface area contributed by atoms with E-state index in [0.29, 0.717) is 11.3 Å². The highest BCUT2D eigenvalue weighted by Crippen LogP contribution is 2.33. The maximum absolute atomic E-state index is 12.5. The lowest BCUT2D eigenvalue weighted by Gasteiger charge is -2.06. The van der Waals surface area contributed by atoms with Crippen molar-refractivity contribution in [3.63, 3.8) is 0 Å². The van der Waals surface area contributed by atoms with E-state index in [1.807, 2.05) is 24.4 Å². The third-order valence-corrected chi connectivity index (χ3v) is 5.88. The summed E-state index contributed by atoms with van der Waals surface area (Å²) in [6, 6.07) is 7.36. The summed E-state index contributed by atoms with van der Waals surface area (Å²) in [6.07, 6.45) is 1.53. The summed E-state index contributed by atoms with van der Waals surface area (Å²) in [4.78, 5) is 33.6. The van der Waals surface area contributed by atoms with Crippen LogP contribution in [0, 0.1) is 0 Å². The standard InChI is InChI=1S/C17H13N3O2S2/c1-9-12-6-10(2-3-13(12)20-15(9)22)14(21)7-24-17-11-4-5-23-16(11)18-8-19-17/h2-6,8-9H,7H2,1H3,(H,20,22). The highest BCUT2D eigenvalue weighted by molar-refractivity contribution is 8.00. The molecule has 2 aromatic heterocycles. The third kappa shape index (κ3) is 2.59. The van der Waals surface area contributed by atoms with Gasteiger partial charge in [-0.1, -0.05) is 11.8 Å². The number of carbonyl (C=O) groups is 2. The van der Waals surface area contributed by atoms with Crippen LogP contribution in [0.5, 0.6) is 0 Å². The van der Waals surface area contributed by atoms with Gasteiger partial charge >= 0.3 is 0 Å². The topological polar surface area (TPSA) is 72.0 Å². The molecule has 120 valence electrons. The molecule has 1 N–H and O–H groups in total. The molecule has 0 aliphatic carbocycles. The summed E-state index contributed by atoms with van der Waals surface area (Å²) in [5.41, 5.74) is 2.31. The molecule has 0 radical (unpaired) electrons. The average molecular weight is 355 g/mol. The zero-order valence-corrected chi connectivity index (χ0v) is 14.4. The molecule has 3 heterocycles. The van der Waals surface area contributed by atoms with Crippen molar-refractivity contribution in [3.05, 3.63) is 47.1 Å². The Kier molecular flexibility index (Phi) is 3.82. The second kappa shape index (κ2) is 5.99. The average Bonchev–Trinajstić information content (AvgIpc) is 3.18. The molecule has 3 aromatic rings. The van der Waals surface area contributed by atoms with Crippen LogP contribution in [0.2, 0.25) is 0 Å². The number of thioether (sulfide) groups is 1. The molecule has 0 spiro atoms. The second-order valence-electron chi connectivity index (χ2n) is 5.54. The monoisotopic (exact) mass is 355 g/mol. The molecular weight excluding hydrogens is 342 g/mol. The molecule has 0 saturated carbocycles. The Bertz CT molecular complexity index is 967. The number of aromatic nitrogens is 2. The van der Waals surface area contributed by atoms with E-state index in [-0.39, 0.29) is 17.6 Å². The molecule has 1 atom stereocenters. The minimum atomic E-state index is -0.215. The Balaban J connectivity index is 1.53. The van der Waals surface area contributed by atoms with Gasteiger partial charge in [-0.3, -0.25) is 9.59 Å². The molecule has 7 heteroatoms. The van der Waals surface area contributed by atoms with Gasteiger partial charge in [0.05, 0.1) is 11.7 Å². The number of carbonyl (C=O) groups excluding carboxylic acids is 2. The number of hydrogen-bond acceptors (Lipinski definition) is 6. The van der Waals surface area contributed by atoms with Crippen molar-refractivity contribution < 1.29 is 9.59 Å². The normalized spacial score (nSPS) is 16.2. The molecule has 1 unspecified atom stereocenters. The van der Waals surface area contributed by atoms with E-state index in [1.165, 1.54) is 18.1 Å². The Hall–Kier alpha value is -2.25. The molecule has 0 bridgehead atoms. The van der Waals surface area contributed by atoms with Gasteiger partial charge in [0.2, 0.25) is 5.91 Å². The minimum Gasteiger partial charge on any atom is -0.325 e. The van der Waals surface area contributed by atoms with Gasteiger partial charge in [0.1, 0.15) is 16.2 Å². The van der Waals surface area contributed by atoms with E-state index >= 15 is 0 Å². The van der Waals surface area contributed by atoms with Crippen LogP contribution >= 0.6 is 23.1 Å². The Morgan fingerprint density at radius 1 is 1.33 bits per heavy atom. The van der Waals surface area contributed by atoms with Gasteiger partial charge in [0.15, 0.2) is 5.78 Å². The number of ketones is 1. The van der Waals surface area contributed by atoms with Gasteiger partial charge in [0, 0.05) is 16.6 Å². The van der Waals surface area contributed by atoms with E-state index in [2.05, 4.69) is 15.3 Å². The highest BCUT2D eigenvalue weighted by atomic mass is 32.2. The largest absolute Gasteiger partial charge is 0.325 e. The van der Waals surface area contributed by atoms with Crippen LogP contribution in [0.1, 0.15) is 28.8 Å². The second-order valence-corrected chi connectivity index (χ2v) is 7.40. The Labute approximate surface area is 146 Å². The number of rotatable bonds is 4. The number of anilines is 1. The SMILES string of the molecule is CC1C(=O)Nc2ccc(C(=O)CSc3ncnc4sccc34)cc21. The number of hydrogen-bond donors (Lipinski definition) is 1. The van der Waals surface area contributed by atoms with E-state index in [0.717, 1.165) is 26.5 Å². The molecule has 1 aromatic carbocycles. The first kappa shape index (κ1) is 15.3. The van der Waals surface area contributed by atoms with E-state index in [4.69, 9.17) is 0 Å². The molecule has 4 rings (SSSR count). The maximum Gasteiger partial charge on any atom is 0.231 e. The lowest BCUT2D eigenvalue weighted by Crippen LogP contribution is -2.08. The lowest BCUT2D eigenvalue weighted by atomic mass is 9.99. The van der Waals surface area contributed by atoms with Gasteiger partial charge in [-0.15, -0.1) is 11.3 Å². The first-order valence-electron chi connectivity index (χ1n) is 7.42. The first-order valence-corrected chi connectivity index (χ1v) is 9.29. The summed E-state index contributed by atoms with van der Waals surface area (Å²) in [6.45, 7) is 1.85. The zero-order chi connectivity index (χ0) is 16.7. The van der Waals surface area contributed by atoms with Crippen molar-refractivity contribution in [2.75, 3.05) is 11.1 Å². The number of benzene rings is 1. The molecule has 1 aliphatic rings. The number of nitrogens with zero attached hydrogens (tertiary/aromatic N) is 2. The van der Waals surface area contributed by atoms with Crippen molar-refractivity contribution in [2.45, 2.75) is 17.9 Å². The Morgan fingerprint density at radius 2 is 2.21 bits per heavy atom. The molecule has 1 amide bonds. The fourth-order valence-electron chi connectivity index (χ4n) is 2.69. The van der Waals surface area contributed by atoms with Gasteiger partial charge in [-0.2, -0.15) is 0 Å². The van der Waals surface area contributed by atoms with Gasteiger partial charge in [0.25, 0.3) is 0 Å². The van der Waals surface area contributed by atoms with Crippen molar-refractivity contribution in [3.8, 4) is 0 Å². The molecular formula is C17H13N3O2S2. The van der Waals surface area contributed by atoms with Crippen molar-refractivity contribution in [1.82, 2.24) is 9.97 Å². The maximum atomic E-state index is 12.5. The summed E-state index contributed by atoms with van der Waals surface area (Å²) in [5, 5.41) is 6.59. The Morgan fingerprint density at radius 3 is 3.08 bits per heavy atom. The van der Waals surface area contributed by atoms with Crippen molar-refractivity contribution >= 4 is 50.7 Å². The molecule has 0 fully saturated rings. The fraction of sp³-hybridized carbons (Fsp3) is 0.176. The summed E-state index contributed by atoms with van der Waals surface area (Å²) in [7, 11) is 0. The summed E-state index contributed by atoms with van der Waals surface area (Å²) in [5.74, 6) is 0.0881. The van der Waals surface area contributed by atoms with E-state index < -0.39 is 0 Å². The predicted molar refractivity (Wildman–Crippen MR) is 96.0 cm³/mol. The van der Waals surface area contributed by atoms with Crippen molar-refractivity contribution in [1.29, 1.82) is 0 Å². The number of amides is 1. The van der Waals surface area contributed by atoms with Crippen LogP contribution in [0.4, 0.5) is 5.69 Å². The van der Waals surface area contributed by atoms with Crippen molar-refractivity contribution in [2.24, 2.45) is 0 Å². The van der Waals surface area contributed by atoms with Gasteiger partial charge in [-0.25, -0.2) is 9.97 Å². The minimum absolute atomic E-state index is 0.0233. The van der Waals surface area contributed by atoms with Crippen LogP contribution in [0.25, 0.3) is 10.2 Å². The number of nitrogens with one attached hydrogen (secondary N) is 1. The molecule has 0 saturated heterocycles. The van der Waals surface area contributed by atoms with Crippen LogP contribution in [0.15, 0.2) is 41.0 Å². The van der Waals surface area contributed by atoms with E-state index in [1.54, 1.807) is 23.5 Å².